The van der Waals surface area contributed by atoms with Gasteiger partial charge < -0.3 is 15.2 Å². The van der Waals surface area contributed by atoms with E-state index in [0.717, 1.165) is 18.6 Å². The number of nitrogens with one attached hydrogen (secondary N) is 1. The van der Waals surface area contributed by atoms with Gasteiger partial charge in [-0.15, -0.1) is 0 Å². The van der Waals surface area contributed by atoms with Crippen molar-refractivity contribution in [2.45, 2.75) is 45.7 Å². The largest absolute Gasteiger partial charge is 0.394 e. The van der Waals surface area contributed by atoms with Gasteiger partial charge in [-0.1, -0.05) is 44.2 Å². The highest BCUT2D eigenvalue weighted by molar-refractivity contribution is 5.25. The van der Waals surface area contributed by atoms with Crippen molar-refractivity contribution in [2.24, 2.45) is 5.92 Å². The molecule has 0 amide bonds. The highest BCUT2D eigenvalue weighted by atomic mass is 16.5. The molecule has 0 fully saturated rings. The second-order valence-electron chi connectivity index (χ2n) is 6.14. The van der Waals surface area contributed by atoms with Gasteiger partial charge in [0.15, 0.2) is 0 Å². The number of rotatable bonds is 9. The summed E-state index contributed by atoms with van der Waals surface area (Å²) in [5.41, 5.74) is 0.549. The van der Waals surface area contributed by atoms with E-state index in [4.69, 9.17) is 4.74 Å². The molecule has 1 rings (SSSR count). The minimum absolute atomic E-state index is 0.0247. The molecule has 0 saturated carbocycles. The Morgan fingerprint density at radius 1 is 1.15 bits per heavy atom. The lowest BCUT2D eigenvalue weighted by molar-refractivity contribution is 0.0251. The Hall–Kier alpha value is -0.900. The van der Waals surface area contributed by atoms with Gasteiger partial charge in [0.1, 0.15) is 0 Å². The van der Waals surface area contributed by atoms with Crippen LogP contribution < -0.4 is 5.32 Å². The molecule has 0 saturated heterocycles. The molecule has 0 radical (unpaired) electrons. The van der Waals surface area contributed by atoms with E-state index in [2.05, 4.69) is 33.0 Å². The minimum Gasteiger partial charge on any atom is -0.394 e. The molecule has 0 bridgehead atoms. The topological polar surface area (TPSA) is 41.5 Å². The fraction of sp³-hybridized carbons (Fsp3) is 0.647. The lowest BCUT2D eigenvalue weighted by atomic mass is 9.90. The van der Waals surface area contributed by atoms with Crippen molar-refractivity contribution in [1.82, 2.24) is 5.32 Å². The molecule has 1 unspecified atom stereocenters. The summed E-state index contributed by atoms with van der Waals surface area (Å²) in [5, 5.41) is 13.4. The zero-order valence-electron chi connectivity index (χ0n) is 13.2. The molecule has 0 aliphatic heterocycles. The SMILES string of the molecule is CC(C)CCOCC(CO)(NC(C)C)c1ccccc1. The molecule has 1 atom stereocenters. The van der Waals surface area contributed by atoms with Crippen LogP contribution in [0.25, 0.3) is 0 Å². The number of hydrogen-bond acceptors (Lipinski definition) is 3. The maximum absolute atomic E-state index is 9.94. The lowest BCUT2D eigenvalue weighted by Gasteiger charge is -2.35. The standard InChI is InChI=1S/C17H29NO2/c1-14(2)10-11-20-13-17(12-19,18-15(3)4)16-8-6-5-7-9-16/h5-9,14-15,18-19H,10-13H2,1-4H3. The zero-order chi connectivity index (χ0) is 15.0. The molecule has 3 heteroatoms. The maximum Gasteiger partial charge on any atom is 0.0907 e. The molecule has 114 valence electrons. The fourth-order valence-electron chi connectivity index (χ4n) is 2.27. The van der Waals surface area contributed by atoms with E-state index in [1.165, 1.54) is 0 Å². The number of benzene rings is 1. The Balaban J connectivity index is 2.78. The van der Waals surface area contributed by atoms with E-state index in [1.807, 2.05) is 30.3 Å². The molecule has 2 N–H and O–H groups in total. The highest BCUT2D eigenvalue weighted by Crippen LogP contribution is 2.22. The quantitative estimate of drug-likeness (QED) is 0.683. The second-order valence-corrected chi connectivity index (χ2v) is 6.14. The van der Waals surface area contributed by atoms with Gasteiger partial charge in [0, 0.05) is 12.6 Å². The highest BCUT2D eigenvalue weighted by Gasteiger charge is 2.32. The van der Waals surface area contributed by atoms with Crippen LogP contribution >= 0.6 is 0 Å². The predicted octanol–water partition coefficient (Wildman–Crippen LogP) is 2.93. The van der Waals surface area contributed by atoms with Crippen molar-refractivity contribution in [3.8, 4) is 0 Å². The van der Waals surface area contributed by atoms with Gasteiger partial charge in [0.05, 0.1) is 18.8 Å². The first-order valence-corrected chi connectivity index (χ1v) is 7.52. The molecule has 20 heavy (non-hydrogen) atoms. The van der Waals surface area contributed by atoms with E-state index in [-0.39, 0.29) is 12.6 Å². The van der Waals surface area contributed by atoms with E-state index in [0.29, 0.717) is 12.5 Å². The third-order valence-electron chi connectivity index (χ3n) is 3.35. The first-order valence-electron chi connectivity index (χ1n) is 7.52. The average molecular weight is 279 g/mol. The van der Waals surface area contributed by atoms with Crippen LogP contribution in [0.15, 0.2) is 30.3 Å². The first kappa shape index (κ1) is 17.2. The van der Waals surface area contributed by atoms with Gasteiger partial charge in [-0.3, -0.25) is 0 Å². The summed E-state index contributed by atoms with van der Waals surface area (Å²) in [6.45, 7) is 9.78. The lowest BCUT2D eigenvalue weighted by Crippen LogP contribution is -2.52. The Labute approximate surface area is 123 Å². The minimum atomic E-state index is -0.521. The van der Waals surface area contributed by atoms with Crippen LogP contribution in [-0.2, 0) is 10.3 Å². The molecule has 0 heterocycles. The van der Waals surface area contributed by atoms with Gasteiger partial charge in [0.2, 0.25) is 0 Å². The van der Waals surface area contributed by atoms with Crippen molar-refractivity contribution in [3.63, 3.8) is 0 Å². The summed E-state index contributed by atoms with van der Waals surface area (Å²) in [4.78, 5) is 0. The van der Waals surface area contributed by atoms with E-state index < -0.39 is 5.54 Å². The van der Waals surface area contributed by atoms with Crippen LogP contribution in [0.3, 0.4) is 0 Å². The van der Waals surface area contributed by atoms with Crippen LogP contribution in [0.1, 0.15) is 39.7 Å². The van der Waals surface area contributed by atoms with Gasteiger partial charge >= 0.3 is 0 Å². The molecular weight excluding hydrogens is 250 g/mol. The smallest absolute Gasteiger partial charge is 0.0907 e. The van der Waals surface area contributed by atoms with Crippen molar-refractivity contribution in [1.29, 1.82) is 0 Å². The molecule has 0 spiro atoms. The molecule has 1 aromatic rings. The van der Waals surface area contributed by atoms with Crippen LogP contribution in [0.2, 0.25) is 0 Å². The van der Waals surface area contributed by atoms with Crippen molar-refractivity contribution in [2.75, 3.05) is 19.8 Å². The van der Waals surface area contributed by atoms with Crippen LogP contribution in [0, 0.1) is 5.92 Å². The summed E-state index contributed by atoms with van der Waals surface area (Å²) in [6.07, 6.45) is 1.04. The van der Waals surface area contributed by atoms with Crippen molar-refractivity contribution >= 4 is 0 Å². The van der Waals surface area contributed by atoms with Gasteiger partial charge in [-0.2, -0.15) is 0 Å². The molecule has 0 aliphatic carbocycles. The molecule has 1 aromatic carbocycles. The molecule has 0 aromatic heterocycles. The second kappa shape index (κ2) is 8.40. The molecule has 3 nitrogen and oxygen atoms in total. The zero-order valence-corrected chi connectivity index (χ0v) is 13.2. The van der Waals surface area contributed by atoms with E-state index >= 15 is 0 Å². The van der Waals surface area contributed by atoms with Crippen molar-refractivity contribution < 1.29 is 9.84 Å². The molecular formula is C17H29NO2. The van der Waals surface area contributed by atoms with Crippen LogP contribution in [0.4, 0.5) is 0 Å². The summed E-state index contributed by atoms with van der Waals surface area (Å²) in [5.74, 6) is 0.633. The Morgan fingerprint density at radius 3 is 2.30 bits per heavy atom. The Kier molecular flexibility index (Phi) is 7.20. The number of ether oxygens (including phenoxy) is 1. The number of aliphatic hydroxyl groups is 1. The summed E-state index contributed by atoms with van der Waals surface area (Å²) >= 11 is 0. The average Bonchev–Trinajstić information content (AvgIpc) is 2.42. The predicted molar refractivity (Wildman–Crippen MR) is 83.8 cm³/mol. The fourth-order valence-corrected chi connectivity index (χ4v) is 2.27. The summed E-state index contributed by atoms with van der Waals surface area (Å²) in [7, 11) is 0. The summed E-state index contributed by atoms with van der Waals surface area (Å²) < 4.78 is 5.83. The van der Waals surface area contributed by atoms with Crippen LogP contribution in [-0.4, -0.2) is 31.0 Å². The first-order chi connectivity index (χ1) is 9.50. The third kappa shape index (κ3) is 5.23. The van der Waals surface area contributed by atoms with Gasteiger partial charge in [-0.05, 0) is 31.7 Å². The van der Waals surface area contributed by atoms with Crippen LogP contribution in [0.5, 0.6) is 0 Å². The summed E-state index contributed by atoms with van der Waals surface area (Å²) in [6, 6.07) is 10.3. The monoisotopic (exact) mass is 279 g/mol. The Morgan fingerprint density at radius 2 is 1.80 bits per heavy atom. The van der Waals surface area contributed by atoms with Gasteiger partial charge in [-0.25, -0.2) is 0 Å². The third-order valence-corrected chi connectivity index (χ3v) is 3.35. The van der Waals surface area contributed by atoms with Crippen molar-refractivity contribution in [3.05, 3.63) is 35.9 Å². The van der Waals surface area contributed by atoms with Gasteiger partial charge in [0.25, 0.3) is 0 Å². The van der Waals surface area contributed by atoms with E-state index in [1.54, 1.807) is 0 Å². The Bertz CT molecular complexity index is 365. The molecule has 0 aliphatic rings. The maximum atomic E-state index is 9.94. The van der Waals surface area contributed by atoms with E-state index in [9.17, 15) is 5.11 Å². The number of aliphatic hydroxyl groups excluding tert-OH is 1. The number of hydrogen-bond donors (Lipinski definition) is 2. The normalized spacial score (nSPS) is 14.8.